The van der Waals surface area contributed by atoms with Crippen molar-refractivity contribution in [2.45, 2.75) is 36.9 Å². The zero-order chi connectivity index (χ0) is 21.5. The normalized spacial score (nSPS) is 19.7. The van der Waals surface area contributed by atoms with Crippen LogP contribution in [-0.2, 0) is 4.79 Å². The number of nitrogens with one attached hydrogen (secondary N) is 1. The highest BCUT2D eigenvalue weighted by atomic mass is 35.5. The first kappa shape index (κ1) is 22.0. The average molecular weight is 461 g/mol. The summed E-state index contributed by atoms with van der Waals surface area (Å²) in [6.45, 7) is 3.34. The van der Waals surface area contributed by atoms with Crippen molar-refractivity contribution in [1.29, 1.82) is 0 Å². The van der Waals surface area contributed by atoms with Crippen molar-refractivity contribution in [2.24, 2.45) is 5.92 Å². The third-order valence-corrected chi connectivity index (χ3v) is 6.17. The fraction of sp³-hybridized carbons (Fsp3) is 0.333. The van der Waals surface area contributed by atoms with E-state index in [2.05, 4.69) is 5.32 Å². The smallest absolute Gasteiger partial charge is 0.231 e. The summed E-state index contributed by atoms with van der Waals surface area (Å²) in [5, 5.41) is 2.57. The molecule has 2 aromatic rings. The summed E-state index contributed by atoms with van der Waals surface area (Å²) in [6, 6.07) is 6.80. The number of benzene rings is 2. The van der Waals surface area contributed by atoms with Crippen LogP contribution < -0.4 is 5.32 Å². The summed E-state index contributed by atoms with van der Waals surface area (Å²) in [4.78, 5) is 24.9. The molecule has 1 aliphatic rings. The average Bonchev–Trinajstić information content (AvgIpc) is 3.22. The minimum absolute atomic E-state index is 0.0668. The molecule has 2 unspecified atom stereocenters. The van der Waals surface area contributed by atoms with E-state index < -0.39 is 33.7 Å². The lowest BCUT2D eigenvalue weighted by Crippen LogP contribution is -2.18. The first-order chi connectivity index (χ1) is 13.6. The molecule has 1 N–H and O–H groups in total. The second-order valence-electron chi connectivity index (χ2n) is 7.12. The number of rotatable bonds is 6. The molecule has 1 aliphatic carbocycles. The fourth-order valence-electron chi connectivity index (χ4n) is 3.40. The molecule has 29 heavy (non-hydrogen) atoms. The molecule has 1 fully saturated rings. The molecule has 8 heteroatoms. The van der Waals surface area contributed by atoms with Crippen molar-refractivity contribution in [1.82, 2.24) is 0 Å². The minimum atomic E-state index is -1.39. The second kappa shape index (κ2) is 8.21. The number of carbonyl (C=O) groups is 2. The van der Waals surface area contributed by atoms with Crippen LogP contribution in [-0.4, -0.2) is 16.0 Å². The number of Topliss-reactive ketones (excluding diaryl/α,β-unsaturated/α-hetero) is 1. The van der Waals surface area contributed by atoms with Crippen LogP contribution in [0.5, 0.6) is 0 Å². The summed E-state index contributed by atoms with van der Waals surface area (Å²) in [5.74, 6) is -3.40. The van der Waals surface area contributed by atoms with Gasteiger partial charge >= 0.3 is 0 Å². The Morgan fingerprint density at radius 1 is 1.17 bits per heavy atom. The standard InChI is InChI=1S/C21H18Cl3F2NO2/c1-3-4-16(28)13-9-12(7-10(2)19(13)26)27-20(29)18-17(21(18,23)24)11-5-6-15(25)14(22)8-11/h5-9,17-18H,3-4H2,1-2H3,(H,27,29). The molecule has 0 bridgehead atoms. The van der Waals surface area contributed by atoms with Gasteiger partial charge in [0, 0.05) is 18.0 Å². The van der Waals surface area contributed by atoms with Crippen molar-refractivity contribution in [3.05, 3.63) is 63.7 Å². The lowest BCUT2D eigenvalue weighted by molar-refractivity contribution is -0.117. The van der Waals surface area contributed by atoms with Gasteiger partial charge in [-0.1, -0.05) is 24.6 Å². The number of ketones is 1. The Balaban J connectivity index is 1.83. The molecular weight excluding hydrogens is 443 g/mol. The van der Waals surface area contributed by atoms with Crippen molar-refractivity contribution < 1.29 is 18.4 Å². The minimum Gasteiger partial charge on any atom is -0.326 e. The van der Waals surface area contributed by atoms with E-state index in [1.54, 1.807) is 0 Å². The Kier molecular flexibility index (Phi) is 6.23. The lowest BCUT2D eigenvalue weighted by atomic mass is 10.0. The highest BCUT2D eigenvalue weighted by Crippen LogP contribution is 2.65. The van der Waals surface area contributed by atoms with Crippen LogP contribution in [0.1, 0.15) is 47.2 Å². The predicted molar refractivity (Wildman–Crippen MR) is 111 cm³/mol. The van der Waals surface area contributed by atoms with Crippen molar-refractivity contribution in [2.75, 3.05) is 5.32 Å². The molecule has 0 aliphatic heterocycles. The summed E-state index contributed by atoms with van der Waals surface area (Å²) < 4.78 is 26.3. The maximum absolute atomic E-state index is 14.3. The number of hydrogen-bond donors (Lipinski definition) is 1. The van der Waals surface area contributed by atoms with E-state index >= 15 is 0 Å². The van der Waals surface area contributed by atoms with E-state index in [4.69, 9.17) is 34.8 Å². The van der Waals surface area contributed by atoms with Gasteiger partial charge in [-0.25, -0.2) is 8.78 Å². The molecule has 0 aromatic heterocycles. The molecule has 3 rings (SSSR count). The zero-order valence-electron chi connectivity index (χ0n) is 15.7. The van der Waals surface area contributed by atoms with E-state index in [0.29, 0.717) is 12.0 Å². The van der Waals surface area contributed by atoms with Gasteiger partial charge in [0.05, 0.1) is 16.5 Å². The Morgan fingerprint density at radius 3 is 2.48 bits per heavy atom. The summed E-state index contributed by atoms with van der Waals surface area (Å²) >= 11 is 18.4. The van der Waals surface area contributed by atoms with Gasteiger partial charge in [-0.2, -0.15) is 0 Å². The summed E-state index contributed by atoms with van der Waals surface area (Å²) in [5.41, 5.74) is 0.988. The third-order valence-electron chi connectivity index (χ3n) is 4.94. The number of amides is 1. The lowest BCUT2D eigenvalue weighted by Gasteiger charge is -2.10. The fourth-order valence-corrected chi connectivity index (χ4v) is 4.42. The van der Waals surface area contributed by atoms with E-state index in [-0.39, 0.29) is 34.0 Å². The number of carbonyl (C=O) groups excluding carboxylic acids is 2. The molecule has 154 valence electrons. The van der Waals surface area contributed by atoms with Gasteiger partial charge < -0.3 is 5.32 Å². The van der Waals surface area contributed by atoms with Gasteiger partial charge in [-0.05, 0) is 48.7 Å². The topological polar surface area (TPSA) is 46.2 Å². The first-order valence-corrected chi connectivity index (χ1v) is 10.2. The molecule has 1 amide bonds. The Labute approximate surface area is 182 Å². The number of aryl methyl sites for hydroxylation is 1. The van der Waals surface area contributed by atoms with Crippen molar-refractivity contribution in [3.8, 4) is 0 Å². The Bertz CT molecular complexity index is 994. The zero-order valence-corrected chi connectivity index (χ0v) is 17.9. The molecule has 1 saturated carbocycles. The molecule has 0 radical (unpaired) electrons. The van der Waals surface area contributed by atoms with Gasteiger partial charge in [-0.3, -0.25) is 9.59 Å². The SMILES string of the molecule is CCCC(=O)c1cc(NC(=O)C2C(c3ccc(F)c(Cl)c3)C2(Cl)Cl)cc(C)c1F. The van der Waals surface area contributed by atoms with E-state index in [1.807, 2.05) is 6.92 Å². The van der Waals surface area contributed by atoms with Crippen LogP contribution in [0.3, 0.4) is 0 Å². The molecular formula is C21H18Cl3F2NO2. The van der Waals surface area contributed by atoms with Crippen LogP contribution in [0.25, 0.3) is 0 Å². The first-order valence-electron chi connectivity index (χ1n) is 9.04. The molecule has 2 atom stereocenters. The van der Waals surface area contributed by atoms with Crippen molar-refractivity contribution >= 4 is 52.2 Å². The van der Waals surface area contributed by atoms with Crippen LogP contribution in [0.2, 0.25) is 5.02 Å². The van der Waals surface area contributed by atoms with Gasteiger partial charge in [0.1, 0.15) is 16.0 Å². The van der Waals surface area contributed by atoms with E-state index in [9.17, 15) is 18.4 Å². The number of halogens is 5. The largest absolute Gasteiger partial charge is 0.326 e. The van der Waals surface area contributed by atoms with E-state index in [1.165, 1.54) is 37.3 Å². The van der Waals surface area contributed by atoms with Gasteiger partial charge in [-0.15, -0.1) is 23.2 Å². The summed E-state index contributed by atoms with van der Waals surface area (Å²) in [6.07, 6.45) is 0.787. The maximum Gasteiger partial charge on any atom is 0.231 e. The van der Waals surface area contributed by atoms with Gasteiger partial charge in [0.15, 0.2) is 5.78 Å². The molecule has 3 nitrogen and oxygen atoms in total. The molecule has 0 heterocycles. The highest BCUT2D eigenvalue weighted by Gasteiger charge is 2.67. The summed E-state index contributed by atoms with van der Waals surface area (Å²) in [7, 11) is 0. The van der Waals surface area contributed by atoms with Crippen LogP contribution in [0.15, 0.2) is 30.3 Å². The van der Waals surface area contributed by atoms with Gasteiger partial charge in [0.2, 0.25) is 5.91 Å². The van der Waals surface area contributed by atoms with Crippen LogP contribution >= 0.6 is 34.8 Å². The monoisotopic (exact) mass is 459 g/mol. The molecule has 0 spiro atoms. The van der Waals surface area contributed by atoms with Crippen LogP contribution in [0, 0.1) is 24.5 Å². The highest BCUT2D eigenvalue weighted by molar-refractivity contribution is 6.53. The number of hydrogen-bond acceptors (Lipinski definition) is 2. The molecule has 2 aromatic carbocycles. The Hall–Kier alpha value is -1.69. The molecule has 0 saturated heterocycles. The quantitative estimate of drug-likeness (QED) is 0.398. The maximum atomic E-state index is 14.3. The van der Waals surface area contributed by atoms with E-state index in [0.717, 1.165) is 0 Å². The second-order valence-corrected chi connectivity index (χ2v) is 8.97. The number of alkyl halides is 2. The van der Waals surface area contributed by atoms with Crippen molar-refractivity contribution in [3.63, 3.8) is 0 Å². The number of anilines is 1. The van der Waals surface area contributed by atoms with Crippen LogP contribution in [0.4, 0.5) is 14.5 Å². The van der Waals surface area contributed by atoms with Gasteiger partial charge in [0.25, 0.3) is 0 Å². The Morgan fingerprint density at radius 2 is 1.86 bits per heavy atom. The predicted octanol–water partition coefficient (Wildman–Crippen LogP) is 6.44. The third kappa shape index (κ3) is 4.27.